The first-order valence-corrected chi connectivity index (χ1v) is 7.37. The summed E-state index contributed by atoms with van der Waals surface area (Å²) < 4.78 is 5.05. The number of nitrogens with two attached hydrogens (primary N) is 1. The van der Waals surface area contributed by atoms with Gasteiger partial charge in [-0.1, -0.05) is 12.1 Å². The zero-order chi connectivity index (χ0) is 18.4. The molecule has 0 radical (unpaired) electrons. The average Bonchev–Trinajstić information content (AvgIpc) is 2.99. The maximum Gasteiger partial charge on any atom is 0.273 e. The Kier molecular flexibility index (Phi) is 5.57. The van der Waals surface area contributed by atoms with E-state index < -0.39 is 17.7 Å². The number of allylic oxidation sites excluding steroid dienone is 1. The molecule has 2 aromatic rings. The second kappa shape index (κ2) is 7.82. The summed E-state index contributed by atoms with van der Waals surface area (Å²) in [5, 5.41) is 2.56. The van der Waals surface area contributed by atoms with Gasteiger partial charge in [0.1, 0.15) is 5.76 Å². The van der Waals surface area contributed by atoms with Crippen molar-refractivity contribution in [3.8, 4) is 0 Å². The first-order valence-electron chi connectivity index (χ1n) is 7.37. The lowest BCUT2D eigenvalue weighted by Crippen LogP contribution is -2.36. The van der Waals surface area contributed by atoms with Crippen LogP contribution in [0.15, 0.2) is 52.8 Å². The molecule has 0 aliphatic carbocycles. The zero-order valence-corrected chi connectivity index (χ0v) is 13.8. The third kappa shape index (κ3) is 4.71. The van der Waals surface area contributed by atoms with Gasteiger partial charge in [-0.25, -0.2) is 0 Å². The SMILES string of the molecule is C/C(=C\C(=O)Nc1ccccc1C(N)=O)NNC(=O)c1ccoc1C. The highest BCUT2D eigenvalue weighted by atomic mass is 16.3. The molecule has 0 fully saturated rings. The molecule has 0 bridgehead atoms. The quantitative estimate of drug-likeness (QED) is 0.467. The smallest absolute Gasteiger partial charge is 0.273 e. The summed E-state index contributed by atoms with van der Waals surface area (Å²) in [6.07, 6.45) is 2.65. The van der Waals surface area contributed by atoms with Crippen LogP contribution in [0.25, 0.3) is 0 Å². The van der Waals surface area contributed by atoms with E-state index in [1.807, 2.05) is 0 Å². The van der Waals surface area contributed by atoms with Gasteiger partial charge in [0.2, 0.25) is 5.91 Å². The van der Waals surface area contributed by atoms with Crippen LogP contribution in [-0.2, 0) is 4.79 Å². The highest BCUT2D eigenvalue weighted by Crippen LogP contribution is 2.14. The maximum atomic E-state index is 12.0. The zero-order valence-electron chi connectivity index (χ0n) is 13.8. The largest absolute Gasteiger partial charge is 0.469 e. The topological polar surface area (TPSA) is 126 Å². The maximum absolute atomic E-state index is 12.0. The van der Waals surface area contributed by atoms with E-state index in [9.17, 15) is 14.4 Å². The number of para-hydroxylation sites is 1. The number of nitrogens with one attached hydrogen (secondary N) is 3. The number of amides is 3. The Balaban J connectivity index is 1.96. The number of hydrogen-bond acceptors (Lipinski definition) is 5. The van der Waals surface area contributed by atoms with Gasteiger partial charge in [-0.3, -0.25) is 19.8 Å². The second-order valence-corrected chi connectivity index (χ2v) is 5.20. The fraction of sp³-hybridized carbons (Fsp3) is 0.118. The minimum absolute atomic E-state index is 0.207. The first kappa shape index (κ1) is 17.8. The Morgan fingerprint density at radius 2 is 1.80 bits per heavy atom. The van der Waals surface area contributed by atoms with Crippen molar-refractivity contribution in [3.63, 3.8) is 0 Å². The molecule has 1 aromatic heterocycles. The molecule has 0 spiro atoms. The fourth-order valence-electron chi connectivity index (χ4n) is 2.05. The van der Waals surface area contributed by atoms with Crippen molar-refractivity contribution in [2.45, 2.75) is 13.8 Å². The van der Waals surface area contributed by atoms with E-state index in [1.165, 1.54) is 18.4 Å². The van der Waals surface area contributed by atoms with Gasteiger partial charge in [0.25, 0.3) is 11.8 Å². The number of anilines is 1. The number of aryl methyl sites for hydroxylation is 1. The van der Waals surface area contributed by atoms with Crippen molar-refractivity contribution in [1.82, 2.24) is 10.9 Å². The van der Waals surface area contributed by atoms with Gasteiger partial charge in [-0.05, 0) is 32.0 Å². The molecule has 0 unspecified atom stereocenters. The van der Waals surface area contributed by atoms with Crippen LogP contribution in [0.5, 0.6) is 0 Å². The molecule has 0 atom stereocenters. The summed E-state index contributed by atoms with van der Waals surface area (Å²) in [4.78, 5) is 35.3. The minimum atomic E-state index is -0.641. The number of rotatable bonds is 6. The molecule has 2 rings (SSSR count). The molecule has 0 aliphatic heterocycles. The monoisotopic (exact) mass is 342 g/mol. The lowest BCUT2D eigenvalue weighted by atomic mass is 10.1. The molecule has 130 valence electrons. The Morgan fingerprint density at radius 3 is 2.44 bits per heavy atom. The van der Waals surface area contributed by atoms with E-state index >= 15 is 0 Å². The van der Waals surface area contributed by atoms with Crippen molar-refractivity contribution in [2.75, 3.05) is 5.32 Å². The lowest BCUT2D eigenvalue weighted by molar-refractivity contribution is -0.112. The fourth-order valence-corrected chi connectivity index (χ4v) is 2.05. The first-order chi connectivity index (χ1) is 11.9. The minimum Gasteiger partial charge on any atom is -0.469 e. The Morgan fingerprint density at radius 1 is 1.08 bits per heavy atom. The van der Waals surface area contributed by atoms with Gasteiger partial charge in [0.05, 0.1) is 23.1 Å². The molecule has 25 heavy (non-hydrogen) atoms. The highest BCUT2D eigenvalue weighted by molar-refractivity contribution is 6.06. The Bertz CT molecular complexity index is 839. The normalized spacial score (nSPS) is 10.9. The molecular weight excluding hydrogens is 324 g/mol. The molecule has 5 N–H and O–H groups in total. The van der Waals surface area contributed by atoms with Crippen LogP contribution in [0.4, 0.5) is 5.69 Å². The molecule has 1 aromatic carbocycles. The van der Waals surface area contributed by atoms with E-state index in [0.29, 0.717) is 22.7 Å². The van der Waals surface area contributed by atoms with E-state index in [4.69, 9.17) is 10.2 Å². The summed E-state index contributed by atoms with van der Waals surface area (Å²) in [5.74, 6) is -1.02. The second-order valence-electron chi connectivity index (χ2n) is 5.20. The van der Waals surface area contributed by atoms with Crippen molar-refractivity contribution in [1.29, 1.82) is 0 Å². The standard InChI is InChI=1S/C17H18N4O4/c1-10(20-21-17(24)12-7-8-25-11(12)2)9-15(22)19-14-6-4-3-5-13(14)16(18)23/h3-9,20H,1-2H3,(H2,18,23)(H,19,22)(H,21,24)/b10-9+. The number of furan rings is 1. The van der Waals surface area contributed by atoms with Crippen LogP contribution in [0, 0.1) is 6.92 Å². The molecule has 0 saturated heterocycles. The van der Waals surface area contributed by atoms with Crippen LogP contribution < -0.4 is 21.9 Å². The number of hydrogen-bond donors (Lipinski definition) is 4. The van der Waals surface area contributed by atoms with Crippen molar-refractivity contribution in [2.24, 2.45) is 5.73 Å². The van der Waals surface area contributed by atoms with Gasteiger partial charge >= 0.3 is 0 Å². The predicted molar refractivity (Wildman–Crippen MR) is 91.4 cm³/mol. The van der Waals surface area contributed by atoms with Crippen LogP contribution in [0.3, 0.4) is 0 Å². The summed E-state index contributed by atoms with van der Waals surface area (Å²) >= 11 is 0. The number of carbonyl (C=O) groups is 3. The third-order valence-corrected chi connectivity index (χ3v) is 3.27. The molecule has 3 amide bonds. The number of benzene rings is 1. The molecule has 0 aliphatic rings. The van der Waals surface area contributed by atoms with Crippen molar-refractivity contribution < 1.29 is 18.8 Å². The number of carbonyl (C=O) groups excluding carboxylic acids is 3. The molecule has 1 heterocycles. The summed E-state index contributed by atoms with van der Waals surface area (Å²) in [6, 6.07) is 7.94. The highest BCUT2D eigenvalue weighted by Gasteiger charge is 2.11. The van der Waals surface area contributed by atoms with Crippen LogP contribution in [0.2, 0.25) is 0 Å². The summed E-state index contributed by atoms with van der Waals surface area (Å²) in [7, 11) is 0. The number of primary amides is 1. The van der Waals surface area contributed by atoms with Crippen LogP contribution >= 0.6 is 0 Å². The van der Waals surface area contributed by atoms with E-state index in [2.05, 4.69) is 16.2 Å². The van der Waals surface area contributed by atoms with Crippen molar-refractivity contribution >= 4 is 23.4 Å². The van der Waals surface area contributed by atoms with Crippen molar-refractivity contribution in [3.05, 3.63) is 65.3 Å². The third-order valence-electron chi connectivity index (χ3n) is 3.27. The number of hydrazine groups is 1. The lowest BCUT2D eigenvalue weighted by Gasteiger charge is -2.09. The average molecular weight is 342 g/mol. The van der Waals surface area contributed by atoms with Crippen LogP contribution in [0.1, 0.15) is 33.4 Å². The molecule has 0 saturated carbocycles. The van der Waals surface area contributed by atoms with Gasteiger partial charge in [-0.15, -0.1) is 0 Å². The Labute approximate surface area is 144 Å². The van der Waals surface area contributed by atoms with Crippen LogP contribution in [-0.4, -0.2) is 17.7 Å². The molecule has 8 heteroatoms. The summed E-state index contributed by atoms with van der Waals surface area (Å²) in [5.41, 5.74) is 11.6. The van der Waals surface area contributed by atoms with Gasteiger partial charge < -0.3 is 20.9 Å². The molecule has 8 nitrogen and oxygen atoms in total. The van der Waals surface area contributed by atoms with E-state index in [-0.39, 0.29) is 5.56 Å². The van der Waals surface area contributed by atoms with E-state index in [0.717, 1.165) is 0 Å². The molecular formula is C17H18N4O4. The predicted octanol–water partition coefficient (Wildman–Crippen LogP) is 1.46. The van der Waals surface area contributed by atoms with Gasteiger partial charge in [0.15, 0.2) is 0 Å². The Hall–Kier alpha value is -3.55. The van der Waals surface area contributed by atoms with E-state index in [1.54, 1.807) is 38.1 Å². The van der Waals surface area contributed by atoms with Gasteiger partial charge in [-0.2, -0.15) is 0 Å². The summed E-state index contributed by atoms with van der Waals surface area (Å²) in [6.45, 7) is 3.27. The van der Waals surface area contributed by atoms with Gasteiger partial charge in [0, 0.05) is 11.8 Å².